The van der Waals surface area contributed by atoms with Crippen molar-refractivity contribution >= 4 is 0 Å². The Morgan fingerprint density at radius 2 is 0.521 bits per heavy atom. The first-order valence-electron chi connectivity index (χ1n) is 41.2. The van der Waals surface area contributed by atoms with Gasteiger partial charge in [0.2, 0.25) is 0 Å². The summed E-state index contributed by atoms with van der Waals surface area (Å²) in [4.78, 5) is 14.7. The van der Waals surface area contributed by atoms with Crippen molar-refractivity contribution in [1.29, 1.82) is 0 Å². The third-order valence-corrected chi connectivity index (χ3v) is 23.6. The highest BCUT2D eigenvalue weighted by atomic mass is 16.7. The second kappa shape index (κ2) is 37.5. The van der Waals surface area contributed by atoms with Crippen LogP contribution in [0.3, 0.4) is 0 Å². The van der Waals surface area contributed by atoms with Crippen LogP contribution in [0.4, 0.5) is 0 Å². The van der Waals surface area contributed by atoms with Gasteiger partial charge in [0.25, 0.3) is 0 Å². The van der Waals surface area contributed by atoms with Crippen LogP contribution in [0.15, 0.2) is 437 Å². The van der Waals surface area contributed by atoms with Crippen LogP contribution in [0.2, 0.25) is 0 Å². The Kier molecular flexibility index (Phi) is 25.0. The molecule has 0 spiro atoms. The van der Waals surface area contributed by atoms with Gasteiger partial charge in [-0.15, -0.1) is 0 Å². The molecule has 2 aliphatic rings. The van der Waals surface area contributed by atoms with E-state index in [1.807, 2.05) is 72.8 Å². The van der Waals surface area contributed by atoms with Gasteiger partial charge in [-0.2, -0.15) is 0 Å². The summed E-state index contributed by atoms with van der Waals surface area (Å²) in [5, 5.41) is 32.9. The molecule has 12 aromatic carbocycles. The Bertz CT molecular complexity index is 5150. The predicted molar refractivity (Wildman–Crippen MR) is 468 cm³/mol. The quantitative estimate of drug-likeness (QED) is 0.0255. The molecule has 119 heavy (non-hydrogen) atoms. The molecule has 0 unspecified atom stereocenters. The van der Waals surface area contributed by atoms with E-state index in [9.17, 15) is 0 Å². The van der Waals surface area contributed by atoms with Crippen molar-refractivity contribution in [3.63, 3.8) is 0 Å². The second-order valence-corrected chi connectivity index (χ2v) is 30.6. The molecule has 15 aromatic rings. The first-order valence-corrected chi connectivity index (χ1v) is 41.2. The number of aliphatic hydroxyl groups excluding tert-OH is 1. The van der Waals surface area contributed by atoms with Gasteiger partial charge in [-0.05, 0) is 110 Å². The van der Waals surface area contributed by atoms with E-state index in [0.717, 1.165) is 66.8 Å². The van der Waals surface area contributed by atoms with Gasteiger partial charge in [-0.25, -0.2) is 0 Å². The zero-order valence-corrected chi connectivity index (χ0v) is 66.2. The lowest BCUT2D eigenvalue weighted by Gasteiger charge is -2.54. The van der Waals surface area contributed by atoms with Gasteiger partial charge in [0.15, 0.2) is 6.29 Å². The number of nitrogens with one attached hydrogen (secondary N) is 4. The van der Waals surface area contributed by atoms with Crippen molar-refractivity contribution in [2.75, 3.05) is 6.54 Å². The van der Waals surface area contributed by atoms with Crippen LogP contribution < -0.4 is 21.3 Å². The number of nitrogens with zero attached hydrogens (tertiary/aromatic N) is 3. The van der Waals surface area contributed by atoms with Crippen molar-refractivity contribution in [2.45, 2.75) is 109 Å². The smallest absolute Gasteiger partial charge is 0.176 e. The summed E-state index contributed by atoms with van der Waals surface area (Å²) in [5.74, 6) is 0. The largest absolute Gasteiger partial charge is 0.388 e. The minimum absolute atomic E-state index is 0.0406. The first kappa shape index (κ1) is 79.2. The van der Waals surface area contributed by atoms with Gasteiger partial charge in [-0.1, -0.05) is 382 Å². The van der Waals surface area contributed by atoms with Gasteiger partial charge in [-0.3, -0.25) is 36.2 Å². The lowest BCUT2D eigenvalue weighted by molar-refractivity contribution is -0.310. The molecule has 1 saturated carbocycles. The molecule has 2 fully saturated rings. The number of pyridine rings is 3. The Morgan fingerprint density at radius 1 is 0.277 bits per heavy atom. The molecule has 1 aliphatic heterocycles. The number of aromatic nitrogens is 3. The van der Waals surface area contributed by atoms with Crippen LogP contribution in [0.25, 0.3) is 0 Å². The average Bonchev–Trinajstić information content (AvgIpc) is 0.732. The van der Waals surface area contributed by atoms with E-state index in [2.05, 4.69) is 367 Å². The Labute approximate surface area is 697 Å². The highest BCUT2D eigenvalue weighted by molar-refractivity contribution is 5.55. The Balaban J connectivity index is 0.922. The number of aliphatic hydroxyl groups is 1. The first-order chi connectivity index (χ1) is 58.9. The van der Waals surface area contributed by atoms with Gasteiger partial charge in [0, 0.05) is 37.2 Å². The maximum absolute atomic E-state index is 15.2. The van der Waals surface area contributed by atoms with E-state index in [1.165, 1.54) is 0 Å². The van der Waals surface area contributed by atoms with E-state index in [4.69, 9.17) is 38.6 Å². The number of hydrogen-bond acceptors (Lipinski definition) is 13. The molecule has 13 heteroatoms. The topological polar surface area (TPSA) is 153 Å². The highest BCUT2D eigenvalue weighted by Crippen LogP contribution is 2.47. The number of hydrogen-bond donors (Lipinski definition) is 5. The Hall–Kier alpha value is -12.3. The summed E-state index contributed by atoms with van der Waals surface area (Å²) in [6.45, 7) is 0.297. The van der Waals surface area contributed by atoms with Gasteiger partial charge >= 0.3 is 0 Å². The molecule has 4 heterocycles. The van der Waals surface area contributed by atoms with Crippen molar-refractivity contribution in [2.24, 2.45) is 0 Å². The Morgan fingerprint density at radius 3 is 0.798 bits per heavy atom. The predicted octanol–water partition coefficient (Wildman–Crippen LogP) is 18.2. The minimum atomic E-state index is -1.49. The normalized spacial score (nSPS) is 19.6. The van der Waals surface area contributed by atoms with Gasteiger partial charge in [0.05, 0.1) is 65.1 Å². The fraction of sp³-hybridized carbons (Fsp3) is 0.179. The van der Waals surface area contributed by atoms with E-state index in [1.54, 1.807) is 18.6 Å². The van der Waals surface area contributed by atoms with Crippen molar-refractivity contribution in [1.82, 2.24) is 36.2 Å². The zero-order chi connectivity index (χ0) is 80.4. The molecule has 13 nitrogen and oxygen atoms in total. The maximum atomic E-state index is 15.2. The molecule has 5 N–H and O–H groups in total. The molecule has 10 atom stereocenters. The molecule has 1 saturated heterocycles. The highest BCUT2D eigenvalue weighted by Gasteiger charge is 2.58. The molecule has 3 aromatic heterocycles. The number of benzene rings is 12. The van der Waals surface area contributed by atoms with Crippen molar-refractivity contribution in [3.05, 3.63) is 521 Å². The van der Waals surface area contributed by atoms with E-state index < -0.39 is 83.2 Å². The fourth-order valence-corrected chi connectivity index (χ4v) is 18.1. The lowest BCUT2D eigenvalue weighted by atomic mass is 9.72. The molecule has 1 aliphatic carbocycles. The third kappa shape index (κ3) is 16.8. The molecular formula is C106H97N7O6. The molecule has 0 bridgehead atoms. The van der Waals surface area contributed by atoms with Crippen LogP contribution in [-0.4, -0.2) is 87.6 Å². The van der Waals surface area contributed by atoms with Crippen molar-refractivity contribution < 1.29 is 28.8 Å². The maximum Gasteiger partial charge on any atom is 0.176 e. The molecular weight excluding hydrogens is 1470 g/mol. The fourth-order valence-electron chi connectivity index (χ4n) is 18.1. The zero-order valence-electron chi connectivity index (χ0n) is 66.2. The third-order valence-electron chi connectivity index (χ3n) is 23.6. The summed E-state index contributed by atoms with van der Waals surface area (Å²) in [6, 6.07) is 142. The molecule has 592 valence electrons. The molecule has 0 radical (unpaired) electrons. The lowest BCUT2D eigenvalue weighted by Crippen LogP contribution is -2.73. The van der Waals surface area contributed by atoms with E-state index >= 15 is 5.11 Å². The van der Waals surface area contributed by atoms with Crippen molar-refractivity contribution in [3.8, 4) is 0 Å². The van der Waals surface area contributed by atoms with Crippen LogP contribution in [-0.2, 0) is 65.7 Å². The molecule has 17 rings (SSSR count). The van der Waals surface area contributed by atoms with Gasteiger partial charge < -0.3 is 28.8 Å². The SMILES string of the molecule is O[C@@H]1[C@@H](OCc2ccccn2)[C@H](NC(c2ccccc2)(c2ccccc2)c2ccccc2)C[C@H](NC(c2ccccc2)(c2ccccc2)c2ccccc2)[C@H]1O[C@H]1O[C@H](CNC(c2ccccc2)(c2ccccc2)c2ccccc2)[C@@H](OCc2ccccn2)[C@H](OCc2ccccn2)[C@H]1NC(c1ccccc1)(c1ccccc1)c1ccccc1. The summed E-state index contributed by atoms with van der Waals surface area (Å²) >= 11 is 0. The average molecular weight is 1560 g/mol. The summed E-state index contributed by atoms with van der Waals surface area (Å²) < 4.78 is 40.2. The number of rotatable bonds is 32. The summed E-state index contributed by atoms with van der Waals surface area (Å²) in [6.07, 6.45) is -2.36. The van der Waals surface area contributed by atoms with Crippen LogP contribution in [0.5, 0.6) is 0 Å². The van der Waals surface area contributed by atoms with E-state index in [-0.39, 0.29) is 32.8 Å². The summed E-state index contributed by atoms with van der Waals surface area (Å²) in [7, 11) is 0. The van der Waals surface area contributed by atoms with Gasteiger partial charge in [0.1, 0.15) is 36.6 Å². The second-order valence-electron chi connectivity index (χ2n) is 30.6. The van der Waals surface area contributed by atoms with E-state index in [0.29, 0.717) is 17.1 Å². The van der Waals surface area contributed by atoms with Crippen LogP contribution >= 0.6 is 0 Å². The summed E-state index contributed by atoms with van der Waals surface area (Å²) in [5.41, 5.74) is 9.30. The van der Waals surface area contributed by atoms with Crippen LogP contribution in [0, 0.1) is 0 Å². The minimum Gasteiger partial charge on any atom is -0.388 e. The number of ether oxygens (including phenoxy) is 5. The van der Waals surface area contributed by atoms with Crippen LogP contribution in [0.1, 0.15) is 90.3 Å². The molecule has 0 amide bonds. The monoisotopic (exact) mass is 1560 g/mol. The standard InChI is InChI=1S/C106H97N7O6/c114-97-98(115-75-90-67-37-40-70-107-90)93(111-104(81-49-19-4-20-50-81,82-51-21-5-22-52-82)83-53-23-6-24-54-83)73-94(112-105(84-55-25-7-26-56-84,85-57-27-8-28-58-85)86-59-29-9-30-60-86)99(97)119-102-96(113-106(87-61-31-10-32-62-87,88-63-33-11-34-64-88)89-65-35-12-36-66-89)101(117-77-92-69-39-42-72-109-92)100(116-76-91-68-38-41-71-108-91)95(118-102)74-110-103(78-43-13-1-14-44-78,79-45-15-2-16-46-79)80-47-17-3-18-48-80/h1-72,93-102,110-114H,73-77H2/t93-,94+,95-,96-,97-,98+,99-,100-,101-,102-/m1/s1.